The van der Waals surface area contributed by atoms with Crippen molar-refractivity contribution in [2.24, 2.45) is 0 Å². The van der Waals surface area contributed by atoms with Crippen molar-refractivity contribution in [2.75, 3.05) is 27.2 Å². The molecule has 25 heavy (non-hydrogen) atoms. The van der Waals surface area contributed by atoms with Crippen molar-refractivity contribution in [3.8, 4) is 0 Å². The molecule has 0 aliphatic carbocycles. The highest BCUT2D eigenvalue weighted by Gasteiger charge is 2.28. The van der Waals surface area contributed by atoms with Gasteiger partial charge < -0.3 is 4.90 Å². The summed E-state index contributed by atoms with van der Waals surface area (Å²) in [7, 11) is -0.623. The van der Waals surface area contributed by atoms with Crippen molar-refractivity contribution in [1.82, 2.24) is 9.21 Å². The van der Waals surface area contributed by atoms with Gasteiger partial charge in [0.15, 0.2) is 0 Å². The van der Waals surface area contributed by atoms with E-state index < -0.39 is 32.4 Å². The van der Waals surface area contributed by atoms with Crippen molar-refractivity contribution in [2.45, 2.75) is 11.4 Å². The van der Waals surface area contributed by atoms with Gasteiger partial charge in [-0.25, -0.2) is 21.6 Å². The quantitative estimate of drug-likeness (QED) is 0.750. The zero-order chi connectivity index (χ0) is 18.6. The van der Waals surface area contributed by atoms with Crippen LogP contribution >= 0.6 is 0 Å². The number of nitrogens with zero attached hydrogens (tertiary/aromatic N) is 2. The molecule has 0 spiro atoms. The summed E-state index contributed by atoms with van der Waals surface area (Å²) in [4.78, 5) is 1.20. The van der Waals surface area contributed by atoms with Gasteiger partial charge in [-0.3, -0.25) is 0 Å². The van der Waals surface area contributed by atoms with Crippen LogP contribution in [0.25, 0.3) is 0 Å². The van der Waals surface area contributed by atoms with Crippen LogP contribution in [0.5, 0.6) is 0 Å². The summed E-state index contributed by atoms with van der Waals surface area (Å²) in [5, 5.41) is 0. The van der Waals surface area contributed by atoms with Crippen molar-refractivity contribution >= 4 is 10.0 Å². The molecule has 0 radical (unpaired) electrons. The van der Waals surface area contributed by atoms with Gasteiger partial charge in [-0.1, -0.05) is 12.1 Å². The zero-order valence-electron chi connectivity index (χ0n) is 13.9. The molecule has 0 fully saturated rings. The Morgan fingerprint density at radius 1 is 0.880 bits per heavy atom. The molecule has 0 heterocycles. The van der Waals surface area contributed by atoms with Crippen LogP contribution < -0.4 is 0 Å². The number of hydrogen-bond donors (Lipinski definition) is 0. The summed E-state index contributed by atoms with van der Waals surface area (Å²) in [6.45, 7) is 0.458. The first-order valence-electron chi connectivity index (χ1n) is 7.54. The van der Waals surface area contributed by atoms with Gasteiger partial charge in [0.25, 0.3) is 0 Å². The van der Waals surface area contributed by atoms with Crippen LogP contribution in [0.1, 0.15) is 5.56 Å². The first kappa shape index (κ1) is 19.4. The fourth-order valence-corrected chi connectivity index (χ4v) is 3.68. The van der Waals surface area contributed by atoms with Gasteiger partial charge in [-0.05, 0) is 43.9 Å². The van der Waals surface area contributed by atoms with E-state index in [2.05, 4.69) is 0 Å². The van der Waals surface area contributed by atoms with Gasteiger partial charge >= 0.3 is 0 Å². The maximum atomic E-state index is 14.0. The van der Waals surface area contributed by atoms with E-state index in [4.69, 9.17) is 0 Å². The Bertz CT molecular complexity index is 824. The fraction of sp³-hybridized carbons (Fsp3) is 0.294. The van der Waals surface area contributed by atoms with Crippen molar-refractivity contribution in [3.05, 3.63) is 65.5 Å². The topological polar surface area (TPSA) is 40.6 Å². The maximum absolute atomic E-state index is 14.0. The van der Waals surface area contributed by atoms with Crippen LogP contribution in [0, 0.1) is 17.5 Å². The molecule has 2 rings (SSSR count). The Kier molecular flexibility index (Phi) is 6.21. The Labute approximate surface area is 145 Å². The van der Waals surface area contributed by atoms with E-state index in [9.17, 15) is 21.6 Å². The molecule has 0 aliphatic heterocycles. The summed E-state index contributed by atoms with van der Waals surface area (Å²) >= 11 is 0. The largest absolute Gasteiger partial charge is 0.308 e. The molecule has 0 aromatic heterocycles. The predicted octanol–water partition coefficient (Wildman–Crippen LogP) is 2.86. The predicted molar refractivity (Wildman–Crippen MR) is 88.9 cm³/mol. The third-order valence-corrected chi connectivity index (χ3v) is 5.46. The van der Waals surface area contributed by atoms with Crippen LogP contribution in [0.15, 0.2) is 47.4 Å². The molecule has 2 aromatic rings. The molecule has 136 valence electrons. The van der Waals surface area contributed by atoms with E-state index in [1.807, 2.05) is 0 Å². The summed E-state index contributed by atoms with van der Waals surface area (Å²) in [5.41, 5.74) is 0.561. The Balaban J connectivity index is 2.36. The monoisotopic (exact) mass is 372 g/mol. The molecule has 2 aromatic carbocycles. The van der Waals surface area contributed by atoms with Gasteiger partial charge in [-0.2, -0.15) is 4.31 Å². The lowest BCUT2D eigenvalue weighted by molar-refractivity contribution is 0.328. The van der Waals surface area contributed by atoms with Gasteiger partial charge in [-0.15, -0.1) is 0 Å². The average molecular weight is 372 g/mol. The minimum Gasteiger partial charge on any atom is -0.308 e. The zero-order valence-corrected chi connectivity index (χ0v) is 14.7. The lowest BCUT2D eigenvalue weighted by Crippen LogP contribution is -2.36. The number of benzene rings is 2. The van der Waals surface area contributed by atoms with Gasteiger partial charge in [0.1, 0.15) is 22.3 Å². The second-order valence-corrected chi connectivity index (χ2v) is 7.75. The van der Waals surface area contributed by atoms with Gasteiger partial charge in [0.05, 0.1) is 0 Å². The first-order valence-corrected chi connectivity index (χ1v) is 8.98. The summed E-state index contributed by atoms with van der Waals surface area (Å²) < 4.78 is 66.9. The molecule has 4 nitrogen and oxygen atoms in total. The van der Waals surface area contributed by atoms with E-state index in [1.165, 1.54) is 24.3 Å². The van der Waals surface area contributed by atoms with Crippen molar-refractivity contribution in [1.29, 1.82) is 0 Å². The molecule has 0 saturated carbocycles. The average Bonchev–Trinajstić information content (AvgIpc) is 2.52. The highest BCUT2D eigenvalue weighted by atomic mass is 32.2. The van der Waals surface area contributed by atoms with E-state index in [-0.39, 0.29) is 13.1 Å². The molecular weight excluding hydrogens is 353 g/mol. The second-order valence-electron chi connectivity index (χ2n) is 5.84. The van der Waals surface area contributed by atoms with Gasteiger partial charge in [0.2, 0.25) is 10.0 Å². The molecule has 0 aliphatic rings. The third kappa shape index (κ3) is 5.04. The maximum Gasteiger partial charge on any atom is 0.246 e. The molecular formula is C17H19F3N2O2S. The molecule has 8 heteroatoms. The van der Waals surface area contributed by atoms with E-state index in [1.54, 1.807) is 19.0 Å². The Morgan fingerprint density at radius 3 is 2.04 bits per heavy atom. The van der Waals surface area contributed by atoms with E-state index >= 15 is 0 Å². The number of halogens is 3. The minimum absolute atomic E-state index is 0.0483. The number of likely N-dealkylation sites (N-methyl/N-ethyl adjacent to an activating group) is 1. The summed E-state index contributed by atoms with van der Waals surface area (Å²) in [5.74, 6) is -2.43. The first-order chi connectivity index (χ1) is 11.7. The normalized spacial score (nSPS) is 12.1. The molecule has 0 amide bonds. The molecule has 0 bridgehead atoms. The highest BCUT2D eigenvalue weighted by Crippen LogP contribution is 2.22. The van der Waals surface area contributed by atoms with Crippen molar-refractivity contribution in [3.63, 3.8) is 0 Å². The smallest absolute Gasteiger partial charge is 0.246 e. The molecule has 0 saturated heterocycles. The summed E-state index contributed by atoms with van der Waals surface area (Å²) in [6.07, 6.45) is 0. The second kappa shape index (κ2) is 7.99. The van der Waals surface area contributed by atoms with Crippen LogP contribution in [-0.4, -0.2) is 44.8 Å². The number of sulfonamides is 1. The van der Waals surface area contributed by atoms with E-state index in [0.29, 0.717) is 18.2 Å². The summed E-state index contributed by atoms with van der Waals surface area (Å²) in [6, 6.07) is 7.73. The lowest BCUT2D eigenvalue weighted by Gasteiger charge is -2.24. The standard InChI is InChI=1S/C17H19F3N2O2S/c1-21(2)9-10-22(12-13-3-5-14(18)6-4-13)25(23,24)17-8-7-15(19)11-16(17)20/h3-8,11H,9-10,12H2,1-2H3. The Hall–Kier alpha value is -1.90. The SMILES string of the molecule is CN(C)CCN(Cc1ccc(F)cc1)S(=O)(=O)c1ccc(F)cc1F. The molecule has 0 unspecified atom stereocenters. The number of hydrogen-bond acceptors (Lipinski definition) is 3. The fourth-order valence-electron chi connectivity index (χ4n) is 2.21. The van der Waals surface area contributed by atoms with Crippen LogP contribution in [-0.2, 0) is 16.6 Å². The Morgan fingerprint density at radius 2 is 1.48 bits per heavy atom. The molecule has 0 N–H and O–H groups in total. The van der Waals surface area contributed by atoms with Gasteiger partial charge in [0, 0.05) is 25.7 Å². The van der Waals surface area contributed by atoms with Crippen LogP contribution in [0.3, 0.4) is 0 Å². The van der Waals surface area contributed by atoms with Crippen LogP contribution in [0.4, 0.5) is 13.2 Å². The third-order valence-electron chi connectivity index (χ3n) is 3.58. The molecule has 0 atom stereocenters. The lowest BCUT2D eigenvalue weighted by atomic mass is 10.2. The minimum atomic E-state index is -4.18. The number of rotatable bonds is 7. The highest BCUT2D eigenvalue weighted by molar-refractivity contribution is 7.89. The van der Waals surface area contributed by atoms with Crippen LogP contribution in [0.2, 0.25) is 0 Å². The van der Waals surface area contributed by atoms with E-state index in [0.717, 1.165) is 16.4 Å². The van der Waals surface area contributed by atoms with Crippen molar-refractivity contribution < 1.29 is 21.6 Å².